The standard InChI is InChI=1S/2C9H4BrF2N/c10-6-1-2-13-9-4-8(12)7(11)3-5(6)9;10-5-3-4-13-7-2-1-6(11)9(12)8(5)7/h2*1-4H. The van der Waals surface area contributed by atoms with Crippen molar-refractivity contribution in [1.29, 1.82) is 0 Å². The fourth-order valence-corrected chi connectivity index (χ4v) is 3.18. The molecule has 0 atom stereocenters. The van der Waals surface area contributed by atoms with Crippen LogP contribution in [0.2, 0.25) is 0 Å². The first kappa shape index (κ1) is 18.7. The lowest BCUT2D eigenvalue weighted by Crippen LogP contribution is -1.88. The Morgan fingerprint density at radius 3 is 2.00 bits per heavy atom. The predicted molar refractivity (Wildman–Crippen MR) is 98.7 cm³/mol. The van der Waals surface area contributed by atoms with Gasteiger partial charge in [0.1, 0.15) is 0 Å². The summed E-state index contributed by atoms with van der Waals surface area (Å²) in [5, 5.41) is 0.754. The van der Waals surface area contributed by atoms with Crippen molar-refractivity contribution in [2.75, 3.05) is 0 Å². The maximum atomic E-state index is 13.2. The van der Waals surface area contributed by atoms with Gasteiger partial charge in [-0.05, 0) is 46.3 Å². The Morgan fingerprint density at radius 2 is 1.27 bits per heavy atom. The molecule has 0 N–H and O–H groups in total. The minimum atomic E-state index is -0.877. The van der Waals surface area contributed by atoms with Crippen LogP contribution in [0.25, 0.3) is 21.8 Å². The van der Waals surface area contributed by atoms with Gasteiger partial charge >= 0.3 is 0 Å². The molecule has 4 rings (SSSR count). The van der Waals surface area contributed by atoms with Gasteiger partial charge in [-0.25, -0.2) is 17.6 Å². The number of pyridine rings is 2. The third kappa shape index (κ3) is 3.71. The molecule has 0 amide bonds. The van der Waals surface area contributed by atoms with E-state index in [1.54, 1.807) is 12.1 Å². The SMILES string of the molecule is Fc1cc2nccc(Br)c2cc1F.Fc1ccc2nccc(Br)c2c1F. The van der Waals surface area contributed by atoms with Crippen molar-refractivity contribution < 1.29 is 17.6 Å². The summed E-state index contributed by atoms with van der Waals surface area (Å²) in [5.74, 6) is -3.46. The maximum absolute atomic E-state index is 13.2. The number of rotatable bonds is 0. The summed E-state index contributed by atoms with van der Waals surface area (Å²) < 4.78 is 52.8. The molecule has 8 heteroatoms. The highest BCUT2D eigenvalue weighted by atomic mass is 79.9. The highest BCUT2D eigenvalue weighted by Gasteiger charge is 2.10. The second-order valence-corrected chi connectivity index (χ2v) is 6.83. The second kappa shape index (κ2) is 7.67. The number of hydrogen-bond donors (Lipinski definition) is 0. The lowest BCUT2D eigenvalue weighted by Gasteiger charge is -2.01. The minimum Gasteiger partial charge on any atom is -0.256 e. The highest BCUT2D eigenvalue weighted by Crippen LogP contribution is 2.26. The van der Waals surface area contributed by atoms with Gasteiger partial charge in [0.05, 0.1) is 16.4 Å². The summed E-state index contributed by atoms with van der Waals surface area (Å²) in [6.07, 6.45) is 3.06. The highest BCUT2D eigenvalue weighted by molar-refractivity contribution is 9.11. The van der Waals surface area contributed by atoms with Gasteiger partial charge < -0.3 is 0 Å². The predicted octanol–water partition coefficient (Wildman–Crippen LogP) is 6.55. The van der Waals surface area contributed by atoms with Crippen molar-refractivity contribution in [1.82, 2.24) is 9.97 Å². The van der Waals surface area contributed by atoms with E-state index in [9.17, 15) is 17.6 Å². The first-order valence-electron chi connectivity index (χ1n) is 7.16. The summed E-state index contributed by atoms with van der Waals surface area (Å²) in [4.78, 5) is 7.81. The minimum absolute atomic E-state index is 0.183. The molecule has 0 radical (unpaired) electrons. The number of nitrogens with zero attached hydrogens (tertiary/aromatic N) is 2. The summed E-state index contributed by atoms with van der Waals surface area (Å²) in [6.45, 7) is 0. The van der Waals surface area contributed by atoms with Crippen molar-refractivity contribution in [3.8, 4) is 0 Å². The molecule has 2 aromatic heterocycles. The number of halogens is 6. The van der Waals surface area contributed by atoms with Gasteiger partial charge in [0.15, 0.2) is 23.3 Å². The van der Waals surface area contributed by atoms with Crippen molar-refractivity contribution in [3.63, 3.8) is 0 Å². The Balaban J connectivity index is 0.000000151. The summed E-state index contributed by atoms with van der Waals surface area (Å²) >= 11 is 6.36. The van der Waals surface area contributed by atoms with Crippen LogP contribution in [0, 0.1) is 23.3 Å². The van der Waals surface area contributed by atoms with Crippen LogP contribution in [0.5, 0.6) is 0 Å². The molecule has 0 aliphatic carbocycles. The molecule has 0 unspecified atom stereocenters. The van der Waals surface area contributed by atoms with E-state index in [1.165, 1.54) is 18.5 Å². The smallest absolute Gasteiger partial charge is 0.169 e. The van der Waals surface area contributed by atoms with Crippen molar-refractivity contribution in [3.05, 3.63) is 81.0 Å². The van der Waals surface area contributed by atoms with Crippen molar-refractivity contribution in [2.24, 2.45) is 0 Å². The fraction of sp³-hybridized carbons (Fsp3) is 0. The normalized spacial score (nSPS) is 10.7. The van der Waals surface area contributed by atoms with Crippen LogP contribution in [-0.4, -0.2) is 9.97 Å². The maximum Gasteiger partial charge on any atom is 0.169 e. The first-order chi connectivity index (χ1) is 12.4. The van der Waals surface area contributed by atoms with Crippen LogP contribution in [0.4, 0.5) is 17.6 Å². The van der Waals surface area contributed by atoms with Gasteiger partial charge in [-0.3, -0.25) is 9.97 Å². The number of aromatic nitrogens is 2. The Kier molecular flexibility index (Phi) is 5.52. The monoisotopic (exact) mass is 486 g/mol. The number of fused-ring (bicyclic) bond motifs is 2. The van der Waals surface area contributed by atoms with Gasteiger partial charge in [-0.2, -0.15) is 0 Å². The van der Waals surface area contributed by atoms with E-state index in [-0.39, 0.29) is 5.39 Å². The van der Waals surface area contributed by atoms with Gasteiger partial charge in [-0.1, -0.05) is 15.9 Å². The second-order valence-electron chi connectivity index (χ2n) is 5.12. The van der Waals surface area contributed by atoms with E-state index in [0.29, 0.717) is 25.4 Å². The molecule has 4 aromatic rings. The molecule has 0 aliphatic heterocycles. The van der Waals surface area contributed by atoms with E-state index >= 15 is 0 Å². The van der Waals surface area contributed by atoms with Crippen LogP contribution in [-0.2, 0) is 0 Å². The molecule has 2 heterocycles. The molecule has 26 heavy (non-hydrogen) atoms. The molecule has 0 saturated heterocycles. The average molecular weight is 488 g/mol. The van der Waals surface area contributed by atoms with Gasteiger partial charge in [0, 0.05) is 32.8 Å². The van der Waals surface area contributed by atoms with Crippen LogP contribution >= 0.6 is 31.9 Å². The molecule has 0 fully saturated rings. The lowest BCUT2D eigenvalue weighted by molar-refractivity contribution is 0.510. The summed E-state index contributed by atoms with van der Waals surface area (Å²) in [6, 6.07) is 7.97. The molecular weight excluding hydrogens is 480 g/mol. The van der Waals surface area contributed by atoms with E-state index in [4.69, 9.17) is 0 Å². The molecule has 132 valence electrons. The van der Waals surface area contributed by atoms with Crippen LogP contribution in [0.15, 0.2) is 57.7 Å². The molecule has 2 aromatic carbocycles. The third-order valence-corrected chi connectivity index (χ3v) is 4.83. The molecule has 0 aliphatic rings. The van der Waals surface area contributed by atoms with Crippen LogP contribution < -0.4 is 0 Å². The Labute approximate surface area is 162 Å². The zero-order valence-corrected chi connectivity index (χ0v) is 16.0. The molecule has 0 spiro atoms. The lowest BCUT2D eigenvalue weighted by atomic mass is 10.2. The molecule has 0 saturated carbocycles. The summed E-state index contributed by atoms with van der Waals surface area (Å²) in [7, 11) is 0. The topological polar surface area (TPSA) is 25.8 Å². The molecule has 2 nitrogen and oxygen atoms in total. The fourth-order valence-electron chi connectivity index (χ4n) is 2.25. The average Bonchev–Trinajstić information content (AvgIpc) is 2.61. The van der Waals surface area contributed by atoms with E-state index in [2.05, 4.69) is 41.8 Å². The van der Waals surface area contributed by atoms with E-state index in [0.717, 1.165) is 18.2 Å². The Bertz CT molecular complexity index is 1110. The van der Waals surface area contributed by atoms with E-state index < -0.39 is 23.3 Å². The third-order valence-electron chi connectivity index (χ3n) is 3.48. The van der Waals surface area contributed by atoms with Gasteiger partial charge in [0.25, 0.3) is 0 Å². The number of hydrogen-bond acceptors (Lipinski definition) is 2. The van der Waals surface area contributed by atoms with Crippen LogP contribution in [0.3, 0.4) is 0 Å². The zero-order valence-electron chi connectivity index (χ0n) is 12.8. The Hall–Kier alpha value is -2.06. The quantitative estimate of drug-likeness (QED) is 0.263. The largest absolute Gasteiger partial charge is 0.256 e. The van der Waals surface area contributed by atoms with Gasteiger partial charge in [0.2, 0.25) is 0 Å². The van der Waals surface area contributed by atoms with Crippen molar-refractivity contribution >= 4 is 53.7 Å². The zero-order chi connectivity index (χ0) is 18.8. The summed E-state index contributed by atoms with van der Waals surface area (Å²) in [5.41, 5.74) is 0.876. The first-order valence-corrected chi connectivity index (χ1v) is 8.74. The number of benzene rings is 2. The van der Waals surface area contributed by atoms with Gasteiger partial charge in [-0.15, -0.1) is 0 Å². The van der Waals surface area contributed by atoms with Crippen LogP contribution in [0.1, 0.15) is 0 Å². The van der Waals surface area contributed by atoms with Crippen molar-refractivity contribution in [2.45, 2.75) is 0 Å². The Morgan fingerprint density at radius 1 is 0.654 bits per heavy atom. The van der Waals surface area contributed by atoms with E-state index in [1.807, 2.05) is 0 Å². The molecular formula is C18H8Br2F4N2. The molecule has 0 bridgehead atoms.